The standard InChI is InChI=1S/C52H44N2O8/c55-49(53(31-29-37-13-5-1-6-14-37)35-39-21-25-43(26-22-39)61-41-17-9-3-10-18-41)45-33-48(52(59)60)46(34-47(45)51(57)58)50(56)54(32-30-38-15-7-2-8-16-38)36-40-23-27-44(28-24-40)62-42-19-11-4-12-20-42/h1-28,33-34H,29-32,35-36H2,(H,57,58)(H,59,60). The van der Waals surface area contributed by atoms with Crippen molar-refractivity contribution in [2.24, 2.45) is 0 Å². The van der Waals surface area contributed by atoms with Crippen LogP contribution >= 0.6 is 0 Å². The van der Waals surface area contributed by atoms with Gasteiger partial charge in [-0.15, -0.1) is 0 Å². The Bertz CT molecular complexity index is 2420. The highest BCUT2D eigenvalue weighted by atomic mass is 16.5. The number of carbonyl (C=O) groups is 4. The van der Waals surface area contributed by atoms with Gasteiger partial charge in [-0.1, -0.05) is 121 Å². The van der Waals surface area contributed by atoms with Crippen LogP contribution in [0.5, 0.6) is 23.0 Å². The Morgan fingerprint density at radius 1 is 0.371 bits per heavy atom. The molecule has 0 aromatic heterocycles. The number of amides is 2. The smallest absolute Gasteiger partial charge is 0.336 e. The fourth-order valence-corrected chi connectivity index (χ4v) is 6.99. The van der Waals surface area contributed by atoms with Crippen molar-refractivity contribution in [3.63, 3.8) is 0 Å². The van der Waals surface area contributed by atoms with Crippen molar-refractivity contribution in [2.45, 2.75) is 25.9 Å². The van der Waals surface area contributed by atoms with Crippen LogP contribution in [0.4, 0.5) is 0 Å². The van der Waals surface area contributed by atoms with Crippen LogP contribution in [0.25, 0.3) is 0 Å². The van der Waals surface area contributed by atoms with Crippen molar-refractivity contribution >= 4 is 23.8 Å². The Kier molecular flexibility index (Phi) is 13.8. The number of carboxylic acid groups (broad SMARTS) is 2. The van der Waals surface area contributed by atoms with Gasteiger partial charge < -0.3 is 29.5 Å². The SMILES string of the molecule is O=C(O)c1cc(C(=O)N(CCc2ccccc2)Cc2ccc(Oc3ccccc3)cc2)c(C(=O)O)cc1C(=O)N(CCc1ccccc1)Cc1ccc(Oc2ccccc2)cc1. The normalized spacial score (nSPS) is 10.7. The van der Waals surface area contributed by atoms with Gasteiger partial charge in [0, 0.05) is 26.2 Å². The first kappa shape index (κ1) is 42.2. The number of nitrogens with zero attached hydrogens (tertiary/aromatic N) is 2. The summed E-state index contributed by atoms with van der Waals surface area (Å²) in [6, 6.07) is 54.1. The Hall–Kier alpha value is -7.98. The van der Waals surface area contributed by atoms with Crippen LogP contribution in [0.1, 0.15) is 63.7 Å². The van der Waals surface area contributed by atoms with Crippen LogP contribution in [0, 0.1) is 0 Å². The molecule has 10 nitrogen and oxygen atoms in total. The molecule has 2 amide bonds. The summed E-state index contributed by atoms with van der Waals surface area (Å²) in [5.74, 6) is -1.82. The Balaban J connectivity index is 1.19. The van der Waals surface area contributed by atoms with Gasteiger partial charge in [0.25, 0.3) is 11.8 Å². The van der Waals surface area contributed by atoms with E-state index in [0.29, 0.717) is 35.8 Å². The molecule has 2 N–H and O–H groups in total. The van der Waals surface area contributed by atoms with E-state index in [0.717, 1.165) is 34.4 Å². The summed E-state index contributed by atoms with van der Waals surface area (Å²) in [4.78, 5) is 58.1. The van der Waals surface area contributed by atoms with Gasteiger partial charge in [0.05, 0.1) is 22.3 Å². The summed E-state index contributed by atoms with van der Waals surface area (Å²) >= 11 is 0. The minimum atomic E-state index is -1.48. The number of ether oxygens (including phenoxy) is 2. The molecule has 310 valence electrons. The molecule has 0 bridgehead atoms. The van der Waals surface area contributed by atoms with Gasteiger partial charge >= 0.3 is 11.9 Å². The van der Waals surface area contributed by atoms with Gasteiger partial charge in [0.1, 0.15) is 23.0 Å². The molecule has 0 unspecified atom stereocenters. The van der Waals surface area contributed by atoms with E-state index in [2.05, 4.69) is 0 Å². The Morgan fingerprint density at radius 2 is 0.677 bits per heavy atom. The summed E-state index contributed by atoms with van der Waals surface area (Å²) < 4.78 is 11.9. The summed E-state index contributed by atoms with van der Waals surface area (Å²) in [6.07, 6.45) is 0.893. The van der Waals surface area contributed by atoms with E-state index in [9.17, 15) is 29.4 Å². The minimum Gasteiger partial charge on any atom is -0.478 e. The predicted molar refractivity (Wildman–Crippen MR) is 236 cm³/mol. The number of para-hydroxylation sites is 2. The van der Waals surface area contributed by atoms with Gasteiger partial charge in [0.2, 0.25) is 0 Å². The van der Waals surface area contributed by atoms with Crippen LogP contribution in [-0.4, -0.2) is 56.9 Å². The number of rotatable bonds is 18. The largest absolute Gasteiger partial charge is 0.478 e. The number of carbonyl (C=O) groups excluding carboxylic acids is 2. The topological polar surface area (TPSA) is 134 Å². The second-order valence-corrected chi connectivity index (χ2v) is 14.6. The number of carboxylic acids is 2. The lowest BCUT2D eigenvalue weighted by atomic mass is 9.95. The van der Waals surface area contributed by atoms with Crippen LogP contribution in [0.2, 0.25) is 0 Å². The van der Waals surface area contributed by atoms with Gasteiger partial charge in [0.15, 0.2) is 0 Å². The number of hydrogen-bond donors (Lipinski definition) is 2. The van der Waals surface area contributed by atoms with Crippen LogP contribution in [-0.2, 0) is 25.9 Å². The number of hydrogen-bond acceptors (Lipinski definition) is 6. The molecule has 10 heteroatoms. The molecule has 0 atom stereocenters. The van der Waals surface area contributed by atoms with E-state index in [1.807, 2.05) is 146 Å². The zero-order valence-electron chi connectivity index (χ0n) is 33.8. The highest BCUT2D eigenvalue weighted by Crippen LogP contribution is 2.27. The lowest BCUT2D eigenvalue weighted by Gasteiger charge is -2.26. The second kappa shape index (κ2) is 20.3. The van der Waals surface area contributed by atoms with Gasteiger partial charge in [-0.2, -0.15) is 0 Å². The van der Waals surface area contributed by atoms with Crippen LogP contribution in [0.3, 0.4) is 0 Å². The van der Waals surface area contributed by atoms with Crippen molar-refractivity contribution in [1.29, 1.82) is 0 Å². The van der Waals surface area contributed by atoms with E-state index >= 15 is 0 Å². The van der Waals surface area contributed by atoms with Gasteiger partial charge in [-0.3, -0.25) is 9.59 Å². The third kappa shape index (κ3) is 11.2. The molecule has 0 radical (unpaired) electrons. The summed E-state index contributed by atoms with van der Waals surface area (Å²) in [6.45, 7) is 0.551. The van der Waals surface area contributed by atoms with Crippen molar-refractivity contribution in [2.75, 3.05) is 13.1 Å². The average Bonchev–Trinajstić information content (AvgIpc) is 3.30. The lowest BCUT2D eigenvalue weighted by molar-refractivity contribution is 0.0657. The van der Waals surface area contributed by atoms with E-state index in [4.69, 9.17) is 9.47 Å². The molecular weight excluding hydrogens is 781 g/mol. The zero-order valence-corrected chi connectivity index (χ0v) is 33.8. The predicted octanol–water partition coefficient (Wildman–Crippen LogP) is 10.4. The zero-order chi connectivity index (χ0) is 43.3. The molecule has 0 aliphatic carbocycles. The molecule has 7 aromatic carbocycles. The fraction of sp³-hybridized carbons (Fsp3) is 0.115. The first-order valence-corrected chi connectivity index (χ1v) is 20.1. The minimum absolute atomic E-state index is 0.0852. The average molecular weight is 825 g/mol. The highest BCUT2D eigenvalue weighted by molar-refractivity contribution is 6.11. The molecule has 0 heterocycles. The molecule has 0 saturated heterocycles. The van der Waals surface area contributed by atoms with Crippen molar-refractivity contribution < 1.29 is 38.9 Å². The molecule has 0 saturated carbocycles. The van der Waals surface area contributed by atoms with E-state index in [1.165, 1.54) is 9.80 Å². The van der Waals surface area contributed by atoms with Gasteiger partial charge in [-0.25, -0.2) is 9.59 Å². The van der Waals surface area contributed by atoms with E-state index in [-0.39, 0.29) is 37.3 Å². The maximum Gasteiger partial charge on any atom is 0.336 e. The summed E-state index contributed by atoms with van der Waals surface area (Å²) in [5.41, 5.74) is 1.75. The number of aromatic carboxylic acids is 2. The first-order valence-electron chi connectivity index (χ1n) is 20.1. The second-order valence-electron chi connectivity index (χ2n) is 14.6. The molecule has 0 spiro atoms. The first-order chi connectivity index (χ1) is 30.2. The van der Waals surface area contributed by atoms with Crippen molar-refractivity contribution in [1.82, 2.24) is 9.80 Å². The molecule has 7 rings (SSSR count). The molecular formula is C52H44N2O8. The Labute approximate surface area is 359 Å². The third-order valence-electron chi connectivity index (χ3n) is 10.2. The molecule has 0 aliphatic heterocycles. The maximum atomic E-state index is 14.6. The van der Waals surface area contributed by atoms with Crippen LogP contribution < -0.4 is 9.47 Å². The fourth-order valence-electron chi connectivity index (χ4n) is 6.99. The molecule has 7 aromatic rings. The van der Waals surface area contributed by atoms with Crippen molar-refractivity contribution in [3.8, 4) is 23.0 Å². The monoisotopic (exact) mass is 824 g/mol. The quantitative estimate of drug-likeness (QED) is 0.0874. The summed E-state index contributed by atoms with van der Waals surface area (Å²) in [5, 5.41) is 21.1. The summed E-state index contributed by atoms with van der Waals surface area (Å²) in [7, 11) is 0. The maximum absolute atomic E-state index is 14.6. The number of benzene rings is 7. The lowest BCUT2D eigenvalue weighted by Crippen LogP contribution is -2.35. The van der Waals surface area contributed by atoms with E-state index < -0.39 is 34.9 Å². The van der Waals surface area contributed by atoms with Crippen molar-refractivity contribution in [3.05, 3.63) is 226 Å². The van der Waals surface area contributed by atoms with Gasteiger partial charge in [-0.05, 0) is 95.8 Å². The van der Waals surface area contributed by atoms with Crippen LogP contribution in [0.15, 0.2) is 182 Å². The van der Waals surface area contributed by atoms with E-state index in [1.54, 1.807) is 24.3 Å². The molecule has 0 aliphatic rings. The third-order valence-corrected chi connectivity index (χ3v) is 10.2. The molecule has 62 heavy (non-hydrogen) atoms. The highest BCUT2D eigenvalue weighted by Gasteiger charge is 2.30. The molecule has 0 fully saturated rings. The Morgan fingerprint density at radius 3 is 1.00 bits per heavy atom.